The Morgan fingerprint density at radius 3 is 2.42 bits per heavy atom. The van der Waals surface area contributed by atoms with E-state index in [0.717, 1.165) is 58.4 Å². The molecule has 1 saturated heterocycles. The smallest absolute Gasteiger partial charge is 0.236 e. The number of nitrogens with zero attached hydrogens (tertiary/aromatic N) is 3. The first-order chi connectivity index (χ1) is 9.13. The van der Waals surface area contributed by atoms with Crippen molar-refractivity contribution in [3.63, 3.8) is 0 Å². The van der Waals surface area contributed by atoms with Gasteiger partial charge in [0.15, 0.2) is 0 Å². The minimum Gasteiger partial charge on any atom is -0.396 e. The summed E-state index contributed by atoms with van der Waals surface area (Å²) in [7, 11) is 3.63. The van der Waals surface area contributed by atoms with E-state index >= 15 is 0 Å². The van der Waals surface area contributed by atoms with Crippen molar-refractivity contribution < 1.29 is 9.90 Å². The minimum atomic E-state index is 0.191. The zero-order valence-corrected chi connectivity index (χ0v) is 12.5. The molecule has 1 heterocycles. The number of carbonyl (C=O) groups is 1. The number of amides is 1. The van der Waals surface area contributed by atoms with Crippen molar-refractivity contribution >= 4 is 5.91 Å². The minimum absolute atomic E-state index is 0.191. The van der Waals surface area contributed by atoms with Crippen LogP contribution in [0.15, 0.2) is 0 Å². The molecule has 1 amide bonds. The normalized spacial score (nSPS) is 18.3. The van der Waals surface area contributed by atoms with Crippen molar-refractivity contribution in [2.75, 3.05) is 60.0 Å². The Morgan fingerprint density at radius 1 is 1.05 bits per heavy atom. The second kappa shape index (κ2) is 9.28. The molecule has 1 aliphatic heterocycles. The van der Waals surface area contributed by atoms with Gasteiger partial charge in [-0.2, -0.15) is 0 Å². The molecule has 112 valence electrons. The van der Waals surface area contributed by atoms with Gasteiger partial charge in [-0.15, -0.1) is 0 Å². The van der Waals surface area contributed by atoms with Crippen LogP contribution in [0.5, 0.6) is 0 Å². The van der Waals surface area contributed by atoms with Gasteiger partial charge in [0.05, 0.1) is 6.54 Å². The fourth-order valence-corrected chi connectivity index (χ4v) is 2.36. The standard InChI is InChI=1S/C14H29N3O2/c1-15(2)14(19)13-17-9-6-8-16(10-11-17)7-4-3-5-12-18/h18H,3-13H2,1-2H3. The molecule has 19 heavy (non-hydrogen) atoms. The quantitative estimate of drug-likeness (QED) is 0.674. The molecule has 5 heteroatoms. The van der Waals surface area contributed by atoms with Crippen molar-refractivity contribution in [3.8, 4) is 0 Å². The van der Waals surface area contributed by atoms with Crippen LogP contribution >= 0.6 is 0 Å². The molecule has 1 rings (SSSR count). The highest BCUT2D eigenvalue weighted by Crippen LogP contribution is 2.05. The number of aliphatic hydroxyl groups excluding tert-OH is 1. The van der Waals surface area contributed by atoms with E-state index in [1.165, 1.54) is 0 Å². The van der Waals surface area contributed by atoms with Gasteiger partial charge in [0.1, 0.15) is 0 Å². The number of hydrogen-bond acceptors (Lipinski definition) is 4. The zero-order chi connectivity index (χ0) is 14.1. The van der Waals surface area contributed by atoms with Gasteiger partial charge >= 0.3 is 0 Å². The molecule has 1 aliphatic rings. The highest BCUT2D eigenvalue weighted by atomic mass is 16.2. The Morgan fingerprint density at radius 2 is 1.74 bits per heavy atom. The van der Waals surface area contributed by atoms with Crippen LogP contribution in [0.4, 0.5) is 0 Å². The summed E-state index contributed by atoms with van der Waals surface area (Å²) < 4.78 is 0. The first-order valence-corrected chi connectivity index (χ1v) is 7.39. The summed E-state index contributed by atoms with van der Waals surface area (Å²) in [5, 5.41) is 8.76. The van der Waals surface area contributed by atoms with Crippen LogP contribution in [-0.2, 0) is 4.79 Å². The first kappa shape index (κ1) is 16.4. The lowest BCUT2D eigenvalue weighted by atomic mass is 10.2. The topological polar surface area (TPSA) is 47.0 Å². The Labute approximate surface area is 117 Å². The molecular formula is C14H29N3O2. The summed E-state index contributed by atoms with van der Waals surface area (Å²) in [5.41, 5.74) is 0. The molecule has 0 radical (unpaired) electrons. The average molecular weight is 271 g/mol. The number of unbranched alkanes of at least 4 members (excludes halogenated alkanes) is 2. The molecule has 0 aromatic carbocycles. The fourth-order valence-electron chi connectivity index (χ4n) is 2.36. The monoisotopic (exact) mass is 271 g/mol. The second-order valence-corrected chi connectivity index (χ2v) is 5.54. The van der Waals surface area contributed by atoms with Crippen LogP contribution in [0.3, 0.4) is 0 Å². The van der Waals surface area contributed by atoms with Gasteiger partial charge in [-0.25, -0.2) is 0 Å². The van der Waals surface area contributed by atoms with Gasteiger partial charge < -0.3 is 14.9 Å². The van der Waals surface area contributed by atoms with Crippen molar-refractivity contribution in [1.82, 2.24) is 14.7 Å². The van der Waals surface area contributed by atoms with Crippen LogP contribution in [0, 0.1) is 0 Å². The molecule has 5 nitrogen and oxygen atoms in total. The van der Waals surface area contributed by atoms with Crippen LogP contribution in [0.1, 0.15) is 25.7 Å². The summed E-state index contributed by atoms with van der Waals surface area (Å²) in [4.78, 5) is 18.1. The molecule has 0 aromatic heterocycles. The molecule has 0 aliphatic carbocycles. The Kier molecular flexibility index (Phi) is 8.02. The molecule has 0 unspecified atom stereocenters. The van der Waals surface area contributed by atoms with E-state index in [4.69, 9.17) is 5.11 Å². The maximum Gasteiger partial charge on any atom is 0.236 e. The molecule has 0 spiro atoms. The van der Waals surface area contributed by atoms with E-state index in [1.807, 2.05) is 14.1 Å². The van der Waals surface area contributed by atoms with Gasteiger partial charge in [-0.05, 0) is 45.3 Å². The Bertz CT molecular complexity index is 259. The first-order valence-electron chi connectivity index (χ1n) is 7.39. The van der Waals surface area contributed by atoms with Gasteiger partial charge in [-0.1, -0.05) is 0 Å². The Balaban J connectivity index is 2.21. The van der Waals surface area contributed by atoms with Gasteiger partial charge in [0.2, 0.25) is 5.91 Å². The highest BCUT2D eigenvalue weighted by Gasteiger charge is 2.17. The van der Waals surface area contributed by atoms with E-state index in [1.54, 1.807) is 4.90 Å². The van der Waals surface area contributed by atoms with Gasteiger partial charge in [0.25, 0.3) is 0 Å². The molecule has 0 atom stereocenters. The van der Waals surface area contributed by atoms with E-state index in [2.05, 4.69) is 9.80 Å². The SMILES string of the molecule is CN(C)C(=O)CN1CCCN(CCCCCO)CC1. The van der Waals surface area contributed by atoms with Gasteiger partial charge in [0, 0.05) is 33.8 Å². The van der Waals surface area contributed by atoms with Gasteiger partial charge in [-0.3, -0.25) is 9.69 Å². The van der Waals surface area contributed by atoms with E-state index in [-0.39, 0.29) is 5.91 Å². The largest absolute Gasteiger partial charge is 0.396 e. The number of hydrogen-bond donors (Lipinski definition) is 1. The van der Waals surface area contributed by atoms with Crippen LogP contribution < -0.4 is 0 Å². The lowest BCUT2D eigenvalue weighted by molar-refractivity contribution is -0.129. The van der Waals surface area contributed by atoms with Crippen LogP contribution in [-0.4, -0.2) is 85.7 Å². The molecule has 0 aromatic rings. The predicted octanol–water partition coefficient (Wildman–Crippen LogP) is 0.245. The number of likely N-dealkylation sites (N-methyl/N-ethyl adjacent to an activating group) is 1. The molecule has 0 bridgehead atoms. The van der Waals surface area contributed by atoms with E-state index in [0.29, 0.717) is 13.2 Å². The highest BCUT2D eigenvalue weighted by molar-refractivity contribution is 5.77. The predicted molar refractivity (Wildman–Crippen MR) is 77.1 cm³/mol. The zero-order valence-electron chi connectivity index (χ0n) is 12.5. The maximum atomic E-state index is 11.7. The second-order valence-electron chi connectivity index (χ2n) is 5.54. The molecule has 1 N–H and O–H groups in total. The van der Waals surface area contributed by atoms with Crippen LogP contribution in [0.2, 0.25) is 0 Å². The summed E-state index contributed by atoms with van der Waals surface area (Å²) in [6, 6.07) is 0. The average Bonchev–Trinajstić information content (AvgIpc) is 2.60. The maximum absolute atomic E-state index is 11.7. The van der Waals surface area contributed by atoms with E-state index < -0.39 is 0 Å². The third kappa shape index (κ3) is 6.89. The van der Waals surface area contributed by atoms with Crippen LogP contribution in [0.25, 0.3) is 0 Å². The summed E-state index contributed by atoms with van der Waals surface area (Å²) in [6.45, 7) is 6.17. The van der Waals surface area contributed by atoms with Crippen molar-refractivity contribution in [3.05, 3.63) is 0 Å². The number of aliphatic hydroxyl groups is 1. The lowest BCUT2D eigenvalue weighted by Gasteiger charge is -2.22. The molecular weight excluding hydrogens is 242 g/mol. The third-order valence-electron chi connectivity index (χ3n) is 3.67. The number of rotatable bonds is 7. The lowest BCUT2D eigenvalue weighted by Crippen LogP contribution is -2.38. The third-order valence-corrected chi connectivity index (χ3v) is 3.67. The summed E-state index contributed by atoms with van der Waals surface area (Å²) in [6.07, 6.45) is 4.32. The van der Waals surface area contributed by atoms with Crippen molar-refractivity contribution in [1.29, 1.82) is 0 Å². The Hall–Kier alpha value is -0.650. The molecule has 1 fully saturated rings. The van der Waals surface area contributed by atoms with Crippen molar-refractivity contribution in [2.45, 2.75) is 25.7 Å². The number of carbonyl (C=O) groups excluding carboxylic acids is 1. The molecule has 0 saturated carbocycles. The van der Waals surface area contributed by atoms with E-state index in [9.17, 15) is 4.79 Å². The van der Waals surface area contributed by atoms with Crippen molar-refractivity contribution in [2.24, 2.45) is 0 Å². The fraction of sp³-hybridized carbons (Fsp3) is 0.929. The summed E-state index contributed by atoms with van der Waals surface area (Å²) in [5.74, 6) is 0.191. The summed E-state index contributed by atoms with van der Waals surface area (Å²) >= 11 is 0.